The molecule has 0 radical (unpaired) electrons. The number of hydrogen-bond donors (Lipinski definition) is 0. The Kier molecular flexibility index (Phi) is 7.14. The molecule has 5 nitrogen and oxygen atoms in total. The van der Waals surface area contributed by atoms with Crippen molar-refractivity contribution in [1.29, 1.82) is 0 Å². The zero-order valence-corrected chi connectivity index (χ0v) is 20.4. The second-order valence-electron chi connectivity index (χ2n) is 7.75. The molecule has 31 heavy (non-hydrogen) atoms. The van der Waals surface area contributed by atoms with E-state index >= 15 is 0 Å². The third-order valence-electron chi connectivity index (χ3n) is 4.30. The number of aromatic nitrogens is 4. The third kappa shape index (κ3) is 5.52. The van der Waals surface area contributed by atoms with E-state index in [-0.39, 0.29) is 26.5 Å². The maximum Gasteiger partial charge on any atom is 2.00 e. The predicted octanol–water partition coefficient (Wildman–Crippen LogP) is 5.39. The topological polar surface area (TPSA) is 60.8 Å². The van der Waals surface area contributed by atoms with Gasteiger partial charge in [-0.2, -0.15) is 0 Å². The van der Waals surface area contributed by atoms with Gasteiger partial charge in [-0.25, -0.2) is 9.88 Å². The van der Waals surface area contributed by atoms with E-state index < -0.39 is 0 Å². The molecule has 0 atom stereocenters. The van der Waals surface area contributed by atoms with Gasteiger partial charge < -0.3 is 17.4 Å². The molecule has 4 rings (SSSR count). The van der Waals surface area contributed by atoms with Gasteiger partial charge in [-0.05, 0) is 29.2 Å². The molecule has 0 saturated carbocycles. The van der Waals surface area contributed by atoms with Crippen LogP contribution in [0.5, 0.6) is 11.8 Å². The van der Waals surface area contributed by atoms with Gasteiger partial charge in [-0.15, -0.1) is 17.7 Å². The first-order chi connectivity index (χ1) is 14.4. The van der Waals surface area contributed by atoms with Crippen LogP contribution < -0.4 is 4.74 Å². The smallest absolute Gasteiger partial charge is 0.792 e. The largest absolute Gasteiger partial charge is 2.00 e. The fourth-order valence-electron chi connectivity index (χ4n) is 2.77. The number of benzene rings is 1. The summed E-state index contributed by atoms with van der Waals surface area (Å²) in [6, 6.07) is 22.0. The van der Waals surface area contributed by atoms with Crippen molar-refractivity contribution in [3.63, 3.8) is 0 Å². The average Bonchev–Trinajstić information content (AvgIpc) is 2.74. The molecule has 0 N–H and O–H groups in total. The van der Waals surface area contributed by atoms with Crippen LogP contribution in [0.1, 0.15) is 26.6 Å². The molecule has 1 aromatic carbocycles. The number of nitrogens with zero attached hydrogens (tertiary/aromatic N) is 4. The number of ether oxygens (including phenoxy) is 1. The van der Waals surface area contributed by atoms with Crippen molar-refractivity contribution in [2.24, 2.45) is 0 Å². The molecule has 3 aromatic heterocycles. The summed E-state index contributed by atoms with van der Waals surface area (Å²) in [6.45, 7) is 6.22. The Morgan fingerprint density at radius 3 is 2.23 bits per heavy atom. The Labute approximate surface area is 202 Å². The van der Waals surface area contributed by atoms with Gasteiger partial charge in [-0.1, -0.05) is 57.2 Å². The predicted molar refractivity (Wildman–Crippen MR) is 118 cm³/mol. The standard InChI is InChI=1S/C24H21N4OS.Pt/c1-24(2,3)23-27-18(16-9-4-5-11-20(16)30)15-19(28-23)17-10-8-13-22(26-17)29-21-12-6-7-14-25-21;/h4-14,30H,1-3H3;/q-1;+2/p-1. The van der Waals surface area contributed by atoms with E-state index in [1.165, 1.54) is 0 Å². The van der Waals surface area contributed by atoms with Gasteiger partial charge in [0.2, 0.25) is 11.8 Å². The van der Waals surface area contributed by atoms with Gasteiger partial charge >= 0.3 is 21.1 Å². The van der Waals surface area contributed by atoms with Crippen LogP contribution in [0.3, 0.4) is 0 Å². The molecule has 0 spiro atoms. The van der Waals surface area contributed by atoms with Gasteiger partial charge in [0, 0.05) is 17.7 Å². The van der Waals surface area contributed by atoms with Crippen LogP contribution in [0.4, 0.5) is 0 Å². The zero-order valence-electron chi connectivity index (χ0n) is 17.3. The van der Waals surface area contributed by atoms with Crippen molar-refractivity contribution < 1.29 is 25.8 Å². The van der Waals surface area contributed by atoms with E-state index in [1.807, 2.05) is 48.5 Å². The van der Waals surface area contributed by atoms with E-state index in [9.17, 15) is 0 Å². The van der Waals surface area contributed by atoms with Crippen LogP contribution in [0, 0.1) is 6.07 Å². The van der Waals surface area contributed by atoms with Crippen molar-refractivity contribution in [3.8, 4) is 34.4 Å². The fraction of sp³-hybridized carbons (Fsp3) is 0.167. The Morgan fingerprint density at radius 2 is 1.52 bits per heavy atom. The molecule has 0 unspecified atom stereocenters. The fourth-order valence-corrected chi connectivity index (χ4v) is 3.01. The summed E-state index contributed by atoms with van der Waals surface area (Å²) in [4.78, 5) is 19.0. The van der Waals surface area contributed by atoms with Gasteiger partial charge in [0.1, 0.15) is 5.82 Å². The van der Waals surface area contributed by atoms with Gasteiger partial charge in [-0.3, -0.25) is 15.0 Å². The van der Waals surface area contributed by atoms with E-state index in [4.69, 9.17) is 27.3 Å². The summed E-state index contributed by atoms with van der Waals surface area (Å²) >= 11 is 5.50. The van der Waals surface area contributed by atoms with E-state index in [0.717, 1.165) is 10.5 Å². The molecule has 0 bridgehead atoms. The number of pyridine rings is 2. The Bertz CT molecular complexity index is 1180. The molecule has 0 amide bonds. The van der Waals surface area contributed by atoms with Gasteiger partial charge in [0.25, 0.3) is 0 Å². The van der Waals surface area contributed by atoms with Crippen LogP contribution in [0.15, 0.2) is 71.8 Å². The van der Waals surface area contributed by atoms with E-state index in [1.54, 1.807) is 18.3 Å². The van der Waals surface area contributed by atoms with Crippen molar-refractivity contribution in [1.82, 2.24) is 19.9 Å². The number of rotatable bonds is 4. The molecule has 0 saturated heterocycles. The van der Waals surface area contributed by atoms with Crippen molar-refractivity contribution in [3.05, 3.63) is 78.8 Å². The average molecular weight is 608 g/mol. The zero-order chi connectivity index (χ0) is 21.1. The van der Waals surface area contributed by atoms with Crippen LogP contribution in [-0.4, -0.2) is 19.9 Å². The Hall–Kier alpha value is -2.69. The molecule has 4 aromatic rings. The molecule has 7 heteroatoms. The molecule has 3 heterocycles. The second-order valence-corrected chi connectivity index (χ2v) is 8.19. The first-order valence-electron chi connectivity index (χ1n) is 9.55. The molecule has 0 aliphatic heterocycles. The molecule has 158 valence electrons. The summed E-state index contributed by atoms with van der Waals surface area (Å²) in [6.07, 6.45) is 1.67. The Balaban J connectivity index is 0.00000272. The van der Waals surface area contributed by atoms with Crippen molar-refractivity contribution >= 4 is 12.6 Å². The van der Waals surface area contributed by atoms with Crippen LogP contribution in [0.25, 0.3) is 22.6 Å². The summed E-state index contributed by atoms with van der Waals surface area (Å²) in [5, 5.41) is 0. The SMILES string of the molecule is CC(C)(C)c1nc(-c2cccc(Oc3ccccn3)n2)[c-]c(-c2ccccc2[S-])n1.[Pt+2]. The first kappa shape index (κ1) is 23.0. The monoisotopic (exact) mass is 607 g/mol. The maximum absolute atomic E-state index is 5.78. The molecule has 0 aliphatic carbocycles. The quantitative estimate of drug-likeness (QED) is 0.229. The van der Waals surface area contributed by atoms with E-state index in [2.05, 4.69) is 36.8 Å². The van der Waals surface area contributed by atoms with Crippen LogP contribution in [-0.2, 0) is 39.1 Å². The summed E-state index contributed by atoms with van der Waals surface area (Å²) < 4.78 is 5.78. The minimum Gasteiger partial charge on any atom is -0.792 e. The maximum atomic E-state index is 5.78. The molecular weight excluding hydrogens is 587 g/mol. The summed E-state index contributed by atoms with van der Waals surface area (Å²) in [7, 11) is 0. The van der Waals surface area contributed by atoms with Crippen molar-refractivity contribution in [2.45, 2.75) is 31.1 Å². The van der Waals surface area contributed by atoms with Gasteiger partial charge in [0.05, 0.1) is 0 Å². The van der Waals surface area contributed by atoms with Crippen LogP contribution in [0.2, 0.25) is 0 Å². The summed E-state index contributed by atoms with van der Waals surface area (Å²) in [5.74, 6) is 1.60. The van der Waals surface area contributed by atoms with Crippen molar-refractivity contribution in [2.75, 3.05) is 0 Å². The Morgan fingerprint density at radius 1 is 0.806 bits per heavy atom. The minimum absolute atomic E-state index is 0. The van der Waals surface area contributed by atoms with Crippen LogP contribution >= 0.6 is 0 Å². The van der Waals surface area contributed by atoms with Gasteiger partial charge in [0.15, 0.2) is 0 Å². The van der Waals surface area contributed by atoms with E-state index in [0.29, 0.717) is 34.7 Å². The second kappa shape index (κ2) is 9.63. The molecule has 0 aliphatic rings. The summed E-state index contributed by atoms with van der Waals surface area (Å²) in [5.41, 5.74) is 2.49. The molecular formula is C24H20N4OPtS. The number of hydrogen-bond acceptors (Lipinski definition) is 6. The molecule has 0 fully saturated rings. The normalized spacial score (nSPS) is 10.9. The third-order valence-corrected chi connectivity index (χ3v) is 4.65. The first-order valence-corrected chi connectivity index (χ1v) is 9.95. The minimum atomic E-state index is -0.253.